The zero-order valence-electron chi connectivity index (χ0n) is 9.07. The van der Waals surface area contributed by atoms with Crippen LogP contribution >= 0.6 is 0 Å². The molecule has 0 aromatic rings. The Morgan fingerprint density at radius 1 is 1.43 bits per heavy atom. The molecule has 2 heteroatoms. The van der Waals surface area contributed by atoms with E-state index in [4.69, 9.17) is 5.73 Å². The van der Waals surface area contributed by atoms with Gasteiger partial charge < -0.3 is 10.6 Å². The molecule has 0 bridgehead atoms. The molecule has 0 aromatic carbocycles. The van der Waals surface area contributed by atoms with Crippen LogP contribution in [0.3, 0.4) is 0 Å². The van der Waals surface area contributed by atoms with E-state index >= 15 is 0 Å². The Kier molecular flexibility index (Phi) is 3.57. The minimum Gasteiger partial charge on any atom is -0.403 e. The molecule has 0 saturated carbocycles. The highest BCUT2D eigenvalue weighted by Gasteiger charge is 2.14. The molecule has 2 N–H and O–H groups in total. The standard InChI is InChI=1S/C12H18N2/c1-4-8-14-11(9-13)6-5-7-12(14)10(2)3/h4-10H,13H2,1-3H3/b8-4-,11-9-. The van der Waals surface area contributed by atoms with Gasteiger partial charge in [0.05, 0.1) is 5.70 Å². The van der Waals surface area contributed by atoms with Crippen LogP contribution in [0.15, 0.2) is 48.1 Å². The molecule has 0 aliphatic carbocycles. The van der Waals surface area contributed by atoms with Crippen LogP contribution in [0.25, 0.3) is 0 Å². The van der Waals surface area contributed by atoms with Gasteiger partial charge in [-0.1, -0.05) is 26.0 Å². The molecule has 0 saturated heterocycles. The van der Waals surface area contributed by atoms with E-state index < -0.39 is 0 Å². The fourth-order valence-corrected chi connectivity index (χ4v) is 1.48. The van der Waals surface area contributed by atoms with E-state index in [9.17, 15) is 0 Å². The van der Waals surface area contributed by atoms with Crippen LogP contribution in [0.1, 0.15) is 20.8 Å². The maximum Gasteiger partial charge on any atom is 0.0607 e. The van der Waals surface area contributed by atoms with E-state index in [0.717, 1.165) is 5.70 Å². The third-order valence-electron chi connectivity index (χ3n) is 2.15. The van der Waals surface area contributed by atoms with Gasteiger partial charge in [-0.25, -0.2) is 0 Å². The molecule has 0 atom stereocenters. The summed E-state index contributed by atoms with van der Waals surface area (Å²) in [6.45, 7) is 6.36. The highest BCUT2D eigenvalue weighted by molar-refractivity contribution is 5.34. The molecule has 14 heavy (non-hydrogen) atoms. The summed E-state index contributed by atoms with van der Waals surface area (Å²) in [5.41, 5.74) is 7.86. The van der Waals surface area contributed by atoms with E-state index in [2.05, 4.69) is 24.8 Å². The lowest BCUT2D eigenvalue weighted by Crippen LogP contribution is -2.21. The number of nitrogens with zero attached hydrogens (tertiary/aromatic N) is 1. The molecule has 1 aliphatic rings. The van der Waals surface area contributed by atoms with Crippen molar-refractivity contribution in [1.29, 1.82) is 0 Å². The van der Waals surface area contributed by atoms with Gasteiger partial charge in [0, 0.05) is 18.1 Å². The molecule has 0 fully saturated rings. The van der Waals surface area contributed by atoms with Crippen LogP contribution in [0.2, 0.25) is 0 Å². The first-order valence-electron chi connectivity index (χ1n) is 4.93. The third kappa shape index (κ3) is 2.08. The van der Waals surface area contributed by atoms with Crippen LogP contribution in [0, 0.1) is 5.92 Å². The molecule has 0 amide bonds. The first-order chi connectivity index (χ1) is 6.70. The highest BCUT2D eigenvalue weighted by atomic mass is 15.1. The second-order valence-corrected chi connectivity index (χ2v) is 3.55. The molecule has 2 nitrogen and oxygen atoms in total. The number of rotatable bonds is 2. The molecule has 0 spiro atoms. The predicted molar refractivity (Wildman–Crippen MR) is 61.0 cm³/mol. The van der Waals surface area contributed by atoms with E-state index in [1.165, 1.54) is 5.70 Å². The van der Waals surface area contributed by atoms with Crippen molar-refractivity contribution >= 4 is 0 Å². The summed E-state index contributed by atoms with van der Waals surface area (Å²) in [7, 11) is 0. The van der Waals surface area contributed by atoms with Gasteiger partial charge in [0.2, 0.25) is 0 Å². The number of hydrogen-bond acceptors (Lipinski definition) is 2. The van der Waals surface area contributed by atoms with Gasteiger partial charge in [0.15, 0.2) is 0 Å². The Morgan fingerprint density at radius 2 is 2.14 bits per heavy atom. The van der Waals surface area contributed by atoms with Crippen LogP contribution in [0.5, 0.6) is 0 Å². The van der Waals surface area contributed by atoms with Gasteiger partial charge in [0.1, 0.15) is 0 Å². The smallest absolute Gasteiger partial charge is 0.0607 e. The Bertz CT molecular complexity index is 306. The maximum absolute atomic E-state index is 5.57. The zero-order chi connectivity index (χ0) is 10.6. The fraction of sp³-hybridized carbons (Fsp3) is 0.333. The first kappa shape index (κ1) is 10.6. The van der Waals surface area contributed by atoms with E-state index in [-0.39, 0.29) is 0 Å². The average Bonchev–Trinajstić information content (AvgIpc) is 2.18. The van der Waals surface area contributed by atoms with Crippen molar-refractivity contribution in [3.8, 4) is 0 Å². The largest absolute Gasteiger partial charge is 0.403 e. The van der Waals surface area contributed by atoms with Crippen LogP contribution in [-0.2, 0) is 0 Å². The number of allylic oxidation sites excluding steroid dienone is 5. The van der Waals surface area contributed by atoms with Gasteiger partial charge >= 0.3 is 0 Å². The second-order valence-electron chi connectivity index (χ2n) is 3.55. The maximum atomic E-state index is 5.57. The Hall–Kier alpha value is -1.44. The average molecular weight is 190 g/mol. The molecule has 0 radical (unpaired) electrons. The summed E-state index contributed by atoms with van der Waals surface area (Å²) in [4.78, 5) is 2.12. The fourth-order valence-electron chi connectivity index (χ4n) is 1.48. The minimum atomic E-state index is 0.492. The van der Waals surface area contributed by atoms with Gasteiger partial charge in [-0.05, 0) is 25.0 Å². The van der Waals surface area contributed by atoms with E-state index in [0.29, 0.717) is 5.92 Å². The van der Waals surface area contributed by atoms with Crippen molar-refractivity contribution in [2.75, 3.05) is 0 Å². The molecule has 1 heterocycles. The minimum absolute atomic E-state index is 0.492. The molecule has 0 aromatic heterocycles. The molecule has 1 rings (SSSR count). The van der Waals surface area contributed by atoms with Crippen molar-refractivity contribution in [2.45, 2.75) is 20.8 Å². The summed E-state index contributed by atoms with van der Waals surface area (Å²) < 4.78 is 0. The molecular formula is C12H18N2. The summed E-state index contributed by atoms with van der Waals surface area (Å²) in [5, 5.41) is 0. The van der Waals surface area contributed by atoms with E-state index in [1.54, 1.807) is 6.20 Å². The topological polar surface area (TPSA) is 29.3 Å². The predicted octanol–water partition coefficient (Wildman–Crippen LogP) is 2.73. The second kappa shape index (κ2) is 4.70. The van der Waals surface area contributed by atoms with Gasteiger partial charge in [-0.15, -0.1) is 0 Å². The lowest BCUT2D eigenvalue weighted by molar-refractivity contribution is 0.499. The monoisotopic (exact) mass is 190 g/mol. The van der Waals surface area contributed by atoms with Crippen molar-refractivity contribution in [3.05, 3.63) is 48.1 Å². The number of nitrogens with two attached hydrogens (primary N) is 1. The van der Waals surface area contributed by atoms with Gasteiger partial charge in [-0.3, -0.25) is 0 Å². The summed E-state index contributed by atoms with van der Waals surface area (Å²) in [6, 6.07) is 0. The lowest BCUT2D eigenvalue weighted by Gasteiger charge is -2.29. The normalized spacial score (nSPS) is 19.9. The van der Waals surface area contributed by atoms with E-state index in [1.807, 2.05) is 31.4 Å². The Balaban J connectivity index is 3.03. The van der Waals surface area contributed by atoms with Crippen LogP contribution in [0.4, 0.5) is 0 Å². The van der Waals surface area contributed by atoms with Crippen LogP contribution < -0.4 is 5.73 Å². The molecular weight excluding hydrogens is 172 g/mol. The van der Waals surface area contributed by atoms with Crippen LogP contribution in [-0.4, -0.2) is 4.90 Å². The Labute approximate surface area is 86.1 Å². The molecule has 76 valence electrons. The van der Waals surface area contributed by atoms with Gasteiger partial charge in [0.25, 0.3) is 0 Å². The molecule has 1 aliphatic heterocycles. The summed E-state index contributed by atoms with van der Waals surface area (Å²) in [6.07, 6.45) is 11.8. The first-order valence-corrected chi connectivity index (χ1v) is 4.93. The quantitative estimate of drug-likeness (QED) is 0.725. The van der Waals surface area contributed by atoms with Crippen molar-refractivity contribution in [1.82, 2.24) is 4.90 Å². The lowest BCUT2D eigenvalue weighted by atomic mass is 10.1. The third-order valence-corrected chi connectivity index (χ3v) is 2.15. The van der Waals surface area contributed by atoms with Crippen molar-refractivity contribution in [2.24, 2.45) is 11.7 Å². The number of hydrogen-bond donors (Lipinski definition) is 1. The Morgan fingerprint density at radius 3 is 2.64 bits per heavy atom. The van der Waals surface area contributed by atoms with Crippen molar-refractivity contribution < 1.29 is 0 Å². The zero-order valence-corrected chi connectivity index (χ0v) is 9.07. The summed E-state index contributed by atoms with van der Waals surface area (Å²) >= 11 is 0. The highest BCUT2D eigenvalue weighted by Crippen LogP contribution is 2.24. The summed E-state index contributed by atoms with van der Waals surface area (Å²) in [5.74, 6) is 0.492. The van der Waals surface area contributed by atoms with Gasteiger partial charge in [-0.2, -0.15) is 0 Å². The SMILES string of the molecule is C/C=C\N1C(C(C)C)=CC=C/C1=C/N. The molecule has 0 unspecified atom stereocenters. The van der Waals surface area contributed by atoms with Crippen molar-refractivity contribution in [3.63, 3.8) is 0 Å².